The van der Waals surface area contributed by atoms with E-state index in [1.165, 1.54) is 0 Å². The van der Waals surface area contributed by atoms with Gasteiger partial charge in [-0.3, -0.25) is 0 Å². The lowest BCUT2D eigenvalue weighted by molar-refractivity contribution is -0.153. The van der Waals surface area contributed by atoms with Gasteiger partial charge in [0.25, 0.3) is 0 Å². The number of anilines is 1. The number of para-hydroxylation sites is 1. The molecule has 0 radical (unpaired) electrons. The molecular weight excluding hydrogens is 234 g/mol. The monoisotopic (exact) mass is 251 g/mol. The lowest BCUT2D eigenvalue weighted by Crippen LogP contribution is -2.28. The first-order valence-corrected chi connectivity index (χ1v) is 5.82. The minimum absolute atomic E-state index is 0.250. The minimum Gasteiger partial charge on any atom is -0.463 e. The van der Waals surface area contributed by atoms with E-state index in [9.17, 15) is 9.59 Å². The number of carbonyl (C=O) groups excluding carboxylic acids is 2. The molecule has 18 heavy (non-hydrogen) atoms. The van der Waals surface area contributed by atoms with Crippen LogP contribution in [0.4, 0.5) is 5.69 Å². The summed E-state index contributed by atoms with van der Waals surface area (Å²) in [5.74, 6) is -1.16. The van der Waals surface area contributed by atoms with Crippen molar-refractivity contribution in [1.82, 2.24) is 0 Å². The average molecular weight is 251 g/mol. The van der Waals surface area contributed by atoms with E-state index in [0.717, 1.165) is 0 Å². The van der Waals surface area contributed by atoms with E-state index in [2.05, 4.69) is 0 Å². The van der Waals surface area contributed by atoms with Crippen molar-refractivity contribution in [2.24, 2.45) is 0 Å². The van der Waals surface area contributed by atoms with Gasteiger partial charge in [-0.15, -0.1) is 0 Å². The van der Waals surface area contributed by atoms with Crippen molar-refractivity contribution in [1.29, 1.82) is 0 Å². The van der Waals surface area contributed by atoms with Crippen LogP contribution in [0.1, 0.15) is 30.6 Å². The SMILES string of the molecule is CCOC(=O)C(CC)OC(=O)c1ccccc1N. The highest BCUT2D eigenvalue weighted by molar-refractivity contribution is 5.96. The molecule has 2 N–H and O–H groups in total. The molecule has 0 saturated carbocycles. The summed E-state index contributed by atoms with van der Waals surface area (Å²) in [5, 5.41) is 0. The third-order valence-corrected chi connectivity index (χ3v) is 2.35. The second-order valence-electron chi connectivity index (χ2n) is 3.64. The molecule has 0 fully saturated rings. The Labute approximate surface area is 106 Å². The number of nitrogens with two attached hydrogens (primary N) is 1. The van der Waals surface area contributed by atoms with Gasteiger partial charge in [0.05, 0.1) is 12.2 Å². The zero-order chi connectivity index (χ0) is 13.5. The molecule has 0 bridgehead atoms. The fourth-order valence-electron chi connectivity index (χ4n) is 1.41. The van der Waals surface area contributed by atoms with Crippen LogP contribution in [0.25, 0.3) is 0 Å². The Bertz CT molecular complexity index is 431. The molecule has 1 aromatic rings. The first-order chi connectivity index (χ1) is 8.60. The van der Waals surface area contributed by atoms with Crippen LogP contribution < -0.4 is 5.73 Å². The molecule has 0 aromatic heterocycles. The Kier molecular flexibility index (Phi) is 5.17. The number of hydrogen-bond acceptors (Lipinski definition) is 5. The molecular formula is C13H17NO4. The number of esters is 2. The number of hydrogen-bond donors (Lipinski definition) is 1. The second-order valence-corrected chi connectivity index (χ2v) is 3.64. The number of rotatable bonds is 5. The maximum atomic E-state index is 11.8. The van der Waals surface area contributed by atoms with Crippen molar-refractivity contribution in [2.45, 2.75) is 26.4 Å². The van der Waals surface area contributed by atoms with Crippen LogP contribution >= 0.6 is 0 Å². The molecule has 1 aromatic carbocycles. The first kappa shape index (κ1) is 14.0. The van der Waals surface area contributed by atoms with E-state index < -0.39 is 18.0 Å². The fraction of sp³-hybridized carbons (Fsp3) is 0.385. The van der Waals surface area contributed by atoms with Gasteiger partial charge >= 0.3 is 11.9 Å². The zero-order valence-corrected chi connectivity index (χ0v) is 10.5. The predicted molar refractivity (Wildman–Crippen MR) is 67.0 cm³/mol. The molecule has 1 atom stereocenters. The molecule has 0 aliphatic rings. The molecule has 5 nitrogen and oxygen atoms in total. The van der Waals surface area contributed by atoms with E-state index >= 15 is 0 Å². The highest BCUT2D eigenvalue weighted by Crippen LogP contribution is 2.14. The van der Waals surface area contributed by atoms with E-state index in [4.69, 9.17) is 15.2 Å². The highest BCUT2D eigenvalue weighted by Gasteiger charge is 2.23. The Morgan fingerprint density at radius 3 is 2.50 bits per heavy atom. The Balaban J connectivity index is 2.74. The van der Waals surface area contributed by atoms with Gasteiger partial charge in [-0.2, -0.15) is 0 Å². The van der Waals surface area contributed by atoms with Crippen molar-refractivity contribution in [3.05, 3.63) is 29.8 Å². The van der Waals surface area contributed by atoms with Gasteiger partial charge in [0.15, 0.2) is 6.10 Å². The van der Waals surface area contributed by atoms with E-state index in [1.54, 1.807) is 38.1 Å². The maximum absolute atomic E-state index is 11.8. The molecule has 1 rings (SSSR count). The van der Waals surface area contributed by atoms with Crippen molar-refractivity contribution in [2.75, 3.05) is 12.3 Å². The summed E-state index contributed by atoms with van der Waals surface area (Å²) in [4.78, 5) is 23.3. The second kappa shape index (κ2) is 6.64. The van der Waals surface area contributed by atoms with Crippen LogP contribution in [0.3, 0.4) is 0 Å². The number of benzene rings is 1. The standard InChI is InChI=1S/C13H17NO4/c1-3-11(13(16)17-4-2)18-12(15)9-7-5-6-8-10(9)14/h5-8,11H,3-4,14H2,1-2H3. The molecule has 0 aliphatic heterocycles. The lowest BCUT2D eigenvalue weighted by atomic mass is 10.2. The normalized spacial score (nSPS) is 11.7. The molecule has 0 saturated heterocycles. The number of carbonyl (C=O) groups is 2. The van der Waals surface area contributed by atoms with Crippen LogP contribution in [-0.4, -0.2) is 24.6 Å². The fourth-order valence-corrected chi connectivity index (χ4v) is 1.41. The van der Waals surface area contributed by atoms with E-state index in [1.807, 2.05) is 0 Å². The molecule has 0 spiro atoms. The zero-order valence-electron chi connectivity index (χ0n) is 10.5. The first-order valence-electron chi connectivity index (χ1n) is 5.82. The van der Waals surface area contributed by atoms with Gasteiger partial charge in [-0.25, -0.2) is 9.59 Å². The largest absolute Gasteiger partial charge is 0.463 e. The smallest absolute Gasteiger partial charge is 0.347 e. The summed E-state index contributed by atoms with van der Waals surface area (Å²) < 4.78 is 9.90. The summed E-state index contributed by atoms with van der Waals surface area (Å²) in [6.07, 6.45) is -0.533. The summed E-state index contributed by atoms with van der Waals surface area (Å²) in [6.45, 7) is 3.69. The van der Waals surface area contributed by atoms with Crippen molar-refractivity contribution < 1.29 is 19.1 Å². The Hall–Kier alpha value is -2.04. The van der Waals surface area contributed by atoms with Crippen LogP contribution in [0.5, 0.6) is 0 Å². The topological polar surface area (TPSA) is 78.6 Å². The van der Waals surface area contributed by atoms with Gasteiger partial charge in [-0.05, 0) is 25.5 Å². The van der Waals surface area contributed by atoms with Gasteiger partial charge < -0.3 is 15.2 Å². The van der Waals surface area contributed by atoms with Gasteiger partial charge in [-0.1, -0.05) is 19.1 Å². The predicted octanol–water partition coefficient (Wildman–Crippen LogP) is 1.77. The minimum atomic E-state index is -0.892. The molecule has 1 unspecified atom stereocenters. The third-order valence-electron chi connectivity index (χ3n) is 2.35. The maximum Gasteiger partial charge on any atom is 0.347 e. The summed E-state index contributed by atoms with van der Waals surface area (Å²) in [5.41, 5.74) is 6.23. The summed E-state index contributed by atoms with van der Waals surface area (Å²) >= 11 is 0. The van der Waals surface area contributed by atoms with E-state index in [0.29, 0.717) is 12.1 Å². The molecule has 0 amide bonds. The van der Waals surface area contributed by atoms with Crippen LogP contribution in [0.15, 0.2) is 24.3 Å². The summed E-state index contributed by atoms with van der Waals surface area (Å²) in [7, 11) is 0. The number of nitrogen functional groups attached to an aromatic ring is 1. The van der Waals surface area contributed by atoms with Crippen LogP contribution in [0.2, 0.25) is 0 Å². The van der Waals surface area contributed by atoms with Crippen LogP contribution in [-0.2, 0) is 14.3 Å². The van der Waals surface area contributed by atoms with Crippen molar-refractivity contribution in [3.63, 3.8) is 0 Å². The Morgan fingerprint density at radius 1 is 1.28 bits per heavy atom. The average Bonchev–Trinajstić information content (AvgIpc) is 2.36. The Morgan fingerprint density at radius 2 is 1.94 bits per heavy atom. The molecule has 0 aliphatic carbocycles. The highest BCUT2D eigenvalue weighted by atomic mass is 16.6. The van der Waals surface area contributed by atoms with Crippen molar-refractivity contribution >= 4 is 17.6 Å². The molecule has 5 heteroatoms. The van der Waals surface area contributed by atoms with Gasteiger partial charge in [0.2, 0.25) is 0 Å². The lowest BCUT2D eigenvalue weighted by Gasteiger charge is -2.15. The number of ether oxygens (including phenoxy) is 2. The quantitative estimate of drug-likeness (QED) is 0.637. The van der Waals surface area contributed by atoms with Crippen LogP contribution in [0, 0.1) is 0 Å². The van der Waals surface area contributed by atoms with Crippen molar-refractivity contribution in [3.8, 4) is 0 Å². The summed E-state index contributed by atoms with van der Waals surface area (Å²) in [6, 6.07) is 6.55. The molecule has 98 valence electrons. The van der Waals surface area contributed by atoms with Gasteiger partial charge in [0.1, 0.15) is 0 Å². The molecule has 0 heterocycles. The van der Waals surface area contributed by atoms with E-state index in [-0.39, 0.29) is 12.2 Å². The third kappa shape index (κ3) is 3.48. The van der Waals surface area contributed by atoms with Gasteiger partial charge in [0, 0.05) is 5.69 Å².